The van der Waals surface area contributed by atoms with Gasteiger partial charge in [-0.15, -0.1) is 0 Å². The van der Waals surface area contributed by atoms with Crippen LogP contribution in [-0.4, -0.2) is 18.0 Å². The Balaban J connectivity index is 0.000000686. The van der Waals surface area contributed by atoms with Crippen LogP contribution in [0.1, 0.15) is 53.4 Å². The average Bonchev–Trinajstić information content (AvgIpc) is 2.90. The summed E-state index contributed by atoms with van der Waals surface area (Å²) in [7, 11) is 0. The lowest BCUT2D eigenvalue weighted by molar-refractivity contribution is 0.361. The highest BCUT2D eigenvalue weighted by Gasteiger charge is 2.36. The summed E-state index contributed by atoms with van der Waals surface area (Å²) in [6.07, 6.45) is 5.02. The normalized spacial score (nSPS) is 31.4. The fourth-order valence-electron chi connectivity index (χ4n) is 2.66. The van der Waals surface area contributed by atoms with E-state index >= 15 is 0 Å². The maximum Gasteiger partial charge on any atom is 0.196 e. The summed E-state index contributed by atoms with van der Waals surface area (Å²) >= 11 is 0. The van der Waals surface area contributed by atoms with Crippen molar-refractivity contribution in [3.63, 3.8) is 0 Å². The van der Waals surface area contributed by atoms with Crippen molar-refractivity contribution >= 4 is 5.96 Å². The zero-order chi connectivity index (χ0) is 12.9. The highest BCUT2D eigenvalue weighted by atomic mass is 15.2. The maximum atomic E-state index is 4.39. The molecular weight excluding hydrogens is 210 g/mol. The van der Waals surface area contributed by atoms with Crippen LogP contribution in [0.2, 0.25) is 0 Å². The largest absolute Gasteiger partial charge is 0.351 e. The molecule has 2 atom stereocenters. The van der Waals surface area contributed by atoms with Gasteiger partial charge in [-0.1, -0.05) is 34.3 Å². The van der Waals surface area contributed by atoms with Crippen LogP contribution in [0.3, 0.4) is 0 Å². The van der Waals surface area contributed by atoms with E-state index in [1.54, 1.807) is 0 Å². The molecule has 1 heterocycles. The Morgan fingerprint density at radius 3 is 2.65 bits per heavy atom. The third-order valence-corrected chi connectivity index (χ3v) is 3.64. The number of hydrogen-bond acceptors (Lipinski definition) is 3. The molecule has 3 heteroatoms. The van der Waals surface area contributed by atoms with Gasteiger partial charge in [0.2, 0.25) is 0 Å². The molecule has 1 fully saturated rings. The summed E-state index contributed by atoms with van der Waals surface area (Å²) in [4.78, 5) is 4.39. The van der Waals surface area contributed by atoms with Crippen LogP contribution in [-0.2, 0) is 0 Å². The number of nitrogens with zero attached hydrogens (tertiary/aromatic N) is 1. The fraction of sp³-hybridized carbons (Fsp3) is 0.786. The lowest BCUT2D eigenvalue weighted by Gasteiger charge is -2.30. The van der Waals surface area contributed by atoms with Crippen molar-refractivity contribution in [2.75, 3.05) is 6.54 Å². The minimum absolute atomic E-state index is 0.274. The SMILES string of the molecule is C=C1CN=C(NC2(CC)CCC(C)C2)N1.CC. The molecular formula is C14H27N3. The van der Waals surface area contributed by atoms with Crippen LogP contribution in [0.25, 0.3) is 0 Å². The summed E-state index contributed by atoms with van der Waals surface area (Å²) in [6.45, 7) is 13.2. The maximum absolute atomic E-state index is 4.39. The number of hydrogen-bond donors (Lipinski definition) is 2. The Hall–Kier alpha value is -0.990. The van der Waals surface area contributed by atoms with Crippen LogP contribution in [0.5, 0.6) is 0 Å². The molecule has 0 bridgehead atoms. The van der Waals surface area contributed by atoms with E-state index in [1.165, 1.54) is 25.7 Å². The third-order valence-electron chi connectivity index (χ3n) is 3.64. The molecule has 17 heavy (non-hydrogen) atoms. The van der Waals surface area contributed by atoms with E-state index in [2.05, 4.69) is 36.1 Å². The van der Waals surface area contributed by atoms with Crippen LogP contribution >= 0.6 is 0 Å². The second kappa shape index (κ2) is 6.08. The van der Waals surface area contributed by atoms with Gasteiger partial charge in [-0.2, -0.15) is 0 Å². The second-order valence-corrected chi connectivity index (χ2v) is 5.00. The lowest BCUT2D eigenvalue weighted by atomic mass is 9.93. The topological polar surface area (TPSA) is 36.4 Å². The molecule has 0 saturated heterocycles. The molecule has 2 rings (SSSR count). The molecule has 1 aliphatic carbocycles. The molecule has 2 N–H and O–H groups in total. The molecule has 0 spiro atoms. The van der Waals surface area contributed by atoms with E-state index in [0.717, 1.165) is 24.1 Å². The molecule has 0 aromatic heterocycles. The number of guanidine groups is 1. The Labute approximate surface area is 106 Å². The summed E-state index contributed by atoms with van der Waals surface area (Å²) in [5, 5.41) is 6.78. The van der Waals surface area contributed by atoms with Crippen molar-refractivity contribution < 1.29 is 0 Å². The third kappa shape index (κ3) is 3.48. The monoisotopic (exact) mass is 237 g/mol. The summed E-state index contributed by atoms with van der Waals surface area (Å²) in [5.74, 6) is 1.76. The van der Waals surface area contributed by atoms with E-state index in [1.807, 2.05) is 13.8 Å². The first-order valence-corrected chi connectivity index (χ1v) is 6.91. The van der Waals surface area contributed by atoms with E-state index in [0.29, 0.717) is 0 Å². The molecule has 1 saturated carbocycles. The standard InChI is InChI=1S/C12H21N3.C2H6/c1-4-12(6-5-9(2)7-12)15-11-13-8-10(3)14-11;1-2/h9H,3-8H2,1-2H3,(H2,13,14,15);1-2H3. The zero-order valence-electron chi connectivity index (χ0n) is 11.8. The molecule has 0 aromatic carbocycles. The molecule has 2 aliphatic rings. The van der Waals surface area contributed by atoms with E-state index in [-0.39, 0.29) is 5.54 Å². The van der Waals surface area contributed by atoms with Gasteiger partial charge in [0, 0.05) is 11.2 Å². The lowest BCUT2D eigenvalue weighted by Crippen LogP contribution is -2.49. The van der Waals surface area contributed by atoms with Gasteiger partial charge < -0.3 is 10.6 Å². The van der Waals surface area contributed by atoms with Crippen molar-refractivity contribution in [2.45, 2.75) is 58.9 Å². The Morgan fingerprint density at radius 2 is 2.24 bits per heavy atom. The molecule has 0 amide bonds. The predicted molar refractivity (Wildman–Crippen MR) is 75.1 cm³/mol. The molecule has 3 nitrogen and oxygen atoms in total. The van der Waals surface area contributed by atoms with Gasteiger partial charge in [-0.3, -0.25) is 0 Å². The quantitative estimate of drug-likeness (QED) is 0.774. The molecule has 98 valence electrons. The van der Waals surface area contributed by atoms with E-state index < -0.39 is 0 Å². The Kier molecular flexibility index (Phi) is 5.03. The molecule has 0 radical (unpaired) electrons. The highest BCUT2D eigenvalue weighted by molar-refractivity contribution is 5.84. The van der Waals surface area contributed by atoms with Crippen molar-refractivity contribution in [1.29, 1.82) is 0 Å². The first-order chi connectivity index (χ1) is 8.13. The minimum Gasteiger partial charge on any atom is -0.351 e. The number of aliphatic imine (C=N–C) groups is 1. The van der Waals surface area contributed by atoms with Gasteiger partial charge in [-0.05, 0) is 31.6 Å². The van der Waals surface area contributed by atoms with Gasteiger partial charge in [-0.25, -0.2) is 4.99 Å². The first kappa shape index (κ1) is 14.1. The van der Waals surface area contributed by atoms with Crippen molar-refractivity contribution in [1.82, 2.24) is 10.6 Å². The number of rotatable bonds is 2. The van der Waals surface area contributed by atoms with E-state index in [9.17, 15) is 0 Å². The van der Waals surface area contributed by atoms with Gasteiger partial charge in [0.15, 0.2) is 5.96 Å². The zero-order valence-corrected chi connectivity index (χ0v) is 11.8. The number of nitrogens with one attached hydrogen (secondary N) is 2. The average molecular weight is 237 g/mol. The fourth-order valence-corrected chi connectivity index (χ4v) is 2.66. The smallest absolute Gasteiger partial charge is 0.196 e. The second-order valence-electron chi connectivity index (χ2n) is 5.00. The van der Waals surface area contributed by atoms with Gasteiger partial charge in [0.25, 0.3) is 0 Å². The van der Waals surface area contributed by atoms with Gasteiger partial charge >= 0.3 is 0 Å². The molecule has 1 aliphatic heterocycles. The van der Waals surface area contributed by atoms with Gasteiger partial charge in [0.05, 0.1) is 6.54 Å². The minimum atomic E-state index is 0.274. The first-order valence-electron chi connectivity index (χ1n) is 6.91. The Bertz CT molecular complexity index is 296. The van der Waals surface area contributed by atoms with Crippen LogP contribution in [0.15, 0.2) is 17.3 Å². The van der Waals surface area contributed by atoms with Crippen molar-refractivity contribution in [2.24, 2.45) is 10.9 Å². The van der Waals surface area contributed by atoms with E-state index in [4.69, 9.17) is 0 Å². The van der Waals surface area contributed by atoms with Crippen molar-refractivity contribution in [3.05, 3.63) is 12.3 Å². The summed E-state index contributed by atoms with van der Waals surface area (Å²) in [6, 6.07) is 0. The Morgan fingerprint density at radius 1 is 1.53 bits per heavy atom. The van der Waals surface area contributed by atoms with Crippen LogP contribution in [0, 0.1) is 5.92 Å². The van der Waals surface area contributed by atoms with Gasteiger partial charge in [0.1, 0.15) is 0 Å². The highest BCUT2D eigenvalue weighted by Crippen LogP contribution is 2.36. The van der Waals surface area contributed by atoms with Crippen LogP contribution in [0.4, 0.5) is 0 Å². The molecule has 0 aromatic rings. The summed E-state index contributed by atoms with van der Waals surface area (Å²) in [5.41, 5.74) is 1.27. The predicted octanol–water partition coefficient (Wildman–Crippen LogP) is 3.04. The molecule has 2 unspecified atom stereocenters. The summed E-state index contributed by atoms with van der Waals surface area (Å²) < 4.78 is 0. The van der Waals surface area contributed by atoms with Crippen LogP contribution < -0.4 is 10.6 Å². The van der Waals surface area contributed by atoms with Crippen molar-refractivity contribution in [3.8, 4) is 0 Å².